The number of amides is 1. The molecule has 0 spiro atoms. The zero-order chi connectivity index (χ0) is 24.0. The summed E-state index contributed by atoms with van der Waals surface area (Å²) < 4.78 is 7.59. The molecular weight excluding hydrogens is 452 g/mol. The highest BCUT2D eigenvalue weighted by atomic mass is 32.1. The van der Waals surface area contributed by atoms with Crippen molar-refractivity contribution in [2.75, 3.05) is 13.2 Å². The first-order valence-corrected chi connectivity index (χ1v) is 12.5. The predicted molar refractivity (Wildman–Crippen MR) is 129 cm³/mol. The molecule has 2 aliphatic rings. The topological polar surface area (TPSA) is 97.6 Å². The van der Waals surface area contributed by atoms with Crippen LogP contribution in [0.25, 0.3) is 10.6 Å². The van der Waals surface area contributed by atoms with E-state index in [1.165, 1.54) is 16.9 Å². The summed E-state index contributed by atoms with van der Waals surface area (Å²) in [7, 11) is 0. The first-order valence-electron chi connectivity index (χ1n) is 11.7. The van der Waals surface area contributed by atoms with Crippen molar-refractivity contribution in [2.24, 2.45) is 0 Å². The maximum absolute atomic E-state index is 13.2. The number of rotatable bonds is 7. The molecule has 2 atom stereocenters. The zero-order valence-corrected chi connectivity index (χ0v) is 20.3. The molecule has 1 saturated carbocycles. The van der Waals surface area contributed by atoms with Crippen LogP contribution in [0, 0.1) is 6.92 Å². The lowest BCUT2D eigenvalue weighted by Gasteiger charge is -2.39. The van der Waals surface area contributed by atoms with E-state index in [0.29, 0.717) is 24.6 Å². The van der Waals surface area contributed by atoms with Crippen LogP contribution in [0.1, 0.15) is 59.4 Å². The van der Waals surface area contributed by atoms with Crippen LogP contribution >= 0.6 is 11.3 Å². The molecule has 0 radical (unpaired) electrons. The highest BCUT2D eigenvalue weighted by Gasteiger charge is 2.43. The van der Waals surface area contributed by atoms with Crippen molar-refractivity contribution in [1.29, 1.82) is 0 Å². The number of carbonyl (C=O) groups is 1. The molecule has 1 aliphatic carbocycles. The lowest BCUT2D eigenvalue weighted by molar-refractivity contribution is 0.0130. The molecule has 9 heteroatoms. The lowest BCUT2D eigenvalue weighted by atomic mass is 10.0. The Morgan fingerprint density at radius 1 is 1.21 bits per heavy atom. The summed E-state index contributed by atoms with van der Waals surface area (Å²) in [4.78, 5) is 28.2. The number of ether oxygens (including phenoxy) is 1. The molecule has 5 rings (SSSR count). The Hall–Kier alpha value is -3.04. The van der Waals surface area contributed by atoms with Gasteiger partial charge in [0.2, 0.25) is 5.43 Å². The molecule has 1 N–H and O–H groups in total. The summed E-state index contributed by atoms with van der Waals surface area (Å²) >= 11 is 1.32. The van der Waals surface area contributed by atoms with E-state index in [-0.39, 0.29) is 35.4 Å². The monoisotopic (exact) mass is 480 g/mol. The molecule has 0 bridgehead atoms. The molecule has 1 aromatic carbocycles. The van der Waals surface area contributed by atoms with Crippen molar-refractivity contribution in [3.63, 3.8) is 0 Å². The van der Waals surface area contributed by atoms with Crippen LogP contribution in [-0.2, 0) is 11.2 Å². The molecule has 1 amide bonds. The molecule has 3 aromatic rings. The van der Waals surface area contributed by atoms with E-state index in [9.17, 15) is 14.7 Å². The second-order valence-electron chi connectivity index (χ2n) is 9.06. The van der Waals surface area contributed by atoms with E-state index in [0.717, 1.165) is 23.4 Å². The molecule has 1 aliphatic heterocycles. The van der Waals surface area contributed by atoms with E-state index in [1.807, 2.05) is 45.0 Å². The van der Waals surface area contributed by atoms with Gasteiger partial charge in [0, 0.05) is 31.8 Å². The molecule has 3 heterocycles. The second-order valence-corrected chi connectivity index (χ2v) is 10.1. The van der Waals surface area contributed by atoms with Crippen molar-refractivity contribution in [2.45, 2.75) is 58.2 Å². The van der Waals surface area contributed by atoms with Gasteiger partial charge in [0.25, 0.3) is 5.91 Å². The summed E-state index contributed by atoms with van der Waals surface area (Å²) in [5, 5.41) is 20.6. The minimum absolute atomic E-state index is 0.0350. The molecule has 0 saturated heterocycles. The first kappa shape index (κ1) is 22.7. The molecule has 178 valence electrons. The van der Waals surface area contributed by atoms with Gasteiger partial charge in [0.05, 0.1) is 17.7 Å². The Morgan fingerprint density at radius 2 is 1.94 bits per heavy atom. The van der Waals surface area contributed by atoms with Crippen LogP contribution in [-0.4, -0.2) is 56.0 Å². The number of nitrogens with zero attached hydrogens (tertiary/aromatic N) is 4. The number of carbonyl (C=O) groups excluding carboxylic acids is 1. The van der Waals surface area contributed by atoms with Crippen molar-refractivity contribution in [3.05, 3.63) is 62.5 Å². The fourth-order valence-electron chi connectivity index (χ4n) is 4.52. The van der Waals surface area contributed by atoms with Gasteiger partial charge in [-0.15, -0.1) is 10.2 Å². The average molecular weight is 481 g/mol. The Balaban J connectivity index is 1.54. The van der Waals surface area contributed by atoms with Crippen molar-refractivity contribution >= 4 is 17.2 Å². The number of pyridine rings is 1. The van der Waals surface area contributed by atoms with E-state index in [1.54, 1.807) is 15.7 Å². The van der Waals surface area contributed by atoms with E-state index in [2.05, 4.69) is 10.2 Å². The maximum Gasteiger partial charge on any atom is 0.274 e. The van der Waals surface area contributed by atoms with Crippen LogP contribution in [0.3, 0.4) is 0 Å². The maximum atomic E-state index is 13.2. The molecular formula is C25H28N4O4S. The third-order valence-corrected chi connectivity index (χ3v) is 7.50. The van der Waals surface area contributed by atoms with Gasteiger partial charge < -0.3 is 19.3 Å². The summed E-state index contributed by atoms with van der Waals surface area (Å²) in [5.41, 5.74) is 1.97. The molecule has 8 nitrogen and oxygen atoms in total. The molecule has 1 fully saturated rings. The fourth-order valence-corrected chi connectivity index (χ4v) is 5.40. The fraction of sp³-hybridized carbons (Fsp3) is 0.440. The number of aromatic nitrogens is 3. The van der Waals surface area contributed by atoms with Crippen molar-refractivity contribution < 1.29 is 14.6 Å². The minimum atomic E-state index is -0.599. The van der Waals surface area contributed by atoms with Gasteiger partial charge in [-0.2, -0.15) is 0 Å². The second kappa shape index (κ2) is 8.96. The first-order chi connectivity index (χ1) is 16.4. The Morgan fingerprint density at radius 3 is 2.62 bits per heavy atom. The van der Waals surface area contributed by atoms with Crippen LogP contribution < -0.4 is 5.43 Å². The Kier molecular flexibility index (Phi) is 5.99. The van der Waals surface area contributed by atoms with Crippen LogP contribution in [0.4, 0.5) is 0 Å². The summed E-state index contributed by atoms with van der Waals surface area (Å²) in [6.07, 6.45) is 3.93. The SMILES string of the molecule is CCO[C@@H](C)[C@H]1CN(C2CC2)C(=O)c2c(O)c(=O)c(-c3nnc(Cc4ccc(C)cc4)s3)cn21. The highest BCUT2D eigenvalue weighted by Crippen LogP contribution is 2.37. The van der Waals surface area contributed by atoms with Crippen LogP contribution in [0.2, 0.25) is 0 Å². The zero-order valence-electron chi connectivity index (χ0n) is 19.5. The van der Waals surface area contributed by atoms with Crippen molar-refractivity contribution in [1.82, 2.24) is 19.7 Å². The van der Waals surface area contributed by atoms with Gasteiger partial charge in [-0.3, -0.25) is 9.59 Å². The van der Waals surface area contributed by atoms with E-state index >= 15 is 0 Å². The number of aromatic hydroxyl groups is 1. The van der Waals surface area contributed by atoms with Crippen LogP contribution in [0.5, 0.6) is 5.75 Å². The van der Waals surface area contributed by atoms with Gasteiger partial charge in [-0.1, -0.05) is 41.2 Å². The number of hydrogen-bond acceptors (Lipinski definition) is 7. The van der Waals surface area contributed by atoms with Gasteiger partial charge >= 0.3 is 0 Å². The summed E-state index contributed by atoms with van der Waals surface area (Å²) in [6.45, 7) is 6.93. The largest absolute Gasteiger partial charge is 0.503 e. The minimum Gasteiger partial charge on any atom is -0.503 e. The number of aryl methyl sites for hydroxylation is 1. The lowest BCUT2D eigenvalue weighted by Crippen LogP contribution is -2.48. The number of hydrogen-bond donors (Lipinski definition) is 1. The van der Waals surface area contributed by atoms with E-state index in [4.69, 9.17) is 4.74 Å². The summed E-state index contributed by atoms with van der Waals surface area (Å²) in [6, 6.07) is 8.14. The smallest absolute Gasteiger partial charge is 0.274 e. The van der Waals surface area contributed by atoms with Gasteiger partial charge in [0.1, 0.15) is 5.01 Å². The third-order valence-electron chi connectivity index (χ3n) is 6.55. The quantitative estimate of drug-likeness (QED) is 0.555. The highest BCUT2D eigenvalue weighted by molar-refractivity contribution is 7.14. The van der Waals surface area contributed by atoms with Crippen molar-refractivity contribution in [3.8, 4) is 16.3 Å². The number of fused-ring (bicyclic) bond motifs is 1. The van der Waals surface area contributed by atoms with Gasteiger partial charge in [0.15, 0.2) is 16.5 Å². The molecule has 0 unspecified atom stereocenters. The standard InChI is InChI=1S/C25H28N4O4S/c1-4-33-15(3)19-13-28(17-9-10-17)25(32)21-23(31)22(30)18(12-29(19)21)24-27-26-20(34-24)11-16-7-5-14(2)6-8-16/h5-8,12,15,17,19,31H,4,9-11,13H2,1-3H3/t15-,19+/m0/s1. The normalized spacial score (nSPS) is 18.7. The number of benzene rings is 1. The van der Waals surface area contributed by atoms with Gasteiger partial charge in [-0.25, -0.2) is 0 Å². The van der Waals surface area contributed by atoms with Gasteiger partial charge in [-0.05, 0) is 39.2 Å². The van der Waals surface area contributed by atoms with E-state index < -0.39 is 11.2 Å². The molecule has 34 heavy (non-hydrogen) atoms. The third kappa shape index (κ3) is 4.14. The summed E-state index contributed by atoms with van der Waals surface area (Å²) in [5.74, 6) is -0.835. The average Bonchev–Trinajstić information content (AvgIpc) is 3.56. The Bertz CT molecular complexity index is 1280. The van der Waals surface area contributed by atoms with Crippen LogP contribution in [0.15, 0.2) is 35.3 Å². The predicted octanol–water partition coefficient (Wildman–Crippen LogP) is 3.56. The molecule has 2 aromatic heterocycles. The Labute approximate surface area is 201 Å².